The zero-order chi connectivity index (χ0) is 15.0. The molecule has 1 aliphatic rings. The molecule has 2 heterocycles. The van der Waals surface area contributed by atoms with E-state index in [-0.39, 0.29) is 22.5 Å². The molecule has 0 spiro atoms. The summed E-state index contributed by atoms with van der Waals surface area (Å²) in [4.78, 5) is 16.9. The lowest BCUT2D eigenvalue weighted by Gasteiger charge is -2.26. The lowest BCUT2D eigenvalue weighted by molar-refractivity contribution is -0.120. The van der Waals surface area contributed by atoms with Crippen molar-refractivity contribution in [1.29, 1.82) is 0 Å². The Hall–Kier alpha value is -2.13. The molecule has 1 aromatic heterocycles. The number of rotatable bonds is 3. The van der Waals surface area contributed by atoms with E-state index in [0.717, 1.165) is 0 Å². The van der Waals surface area contributed by atoms with Crippen molar-refractivity contribution < 1.29 is 17.9 Å². The van der Waals surface area contributed by atoms with Gasteiger partial charge in [0, 0.05) is 18.6 Å². The van der Waals surface area contributed by atoms with Crippen LogP contribution in [0.1, 0.15) is 0 Å². The number of amides is 1. The van der Waals surface area contributed by atoms with E-state index in [9.17, 15) is 13.2 Å². The van der Waals surface area contributed by atoms with Gasteiger partial charge in [-0.05, 0) is 18.2 Å². The van der Waals surface area contributed by atoms with Crippen LogP contribution >= 0.6 is 11.3 Å². The zero-order valence-corrected chi connectivity index (χ0v) is 12.6. The summed E-state index contributed by atoms with van der Waals surface area (Å²) in [6, 6.07) is 4.37. The number of sulfonamides is 1. The van der Waals surface area contributed by atoms with E-state index in [1.54, 1.807) is 12.4 Å². The molecular weight excluding hydrogens is 314 g/mol. The molecule has 7 nitrogen and oxygen atoms in total. The van der Waals surface area contributed by atoms with Gasteiger partial charge in [-0.25, -0.2) is 13.4 Å². The first-order valence-corrected chi connectivity index (χ1v) is 8.29. The number of nitrogens with zero attached hydrogens (tertiary/aromatic N) is 2. The fourth-order valence-electron chi connectivity index (χ4n) is 1.87. The molecule has 1 N–H and O–H groups in total. The van der Waals surface area contributed by atoms with Crippen LogP contribution in [0.4, 0.5) is 10.8 Å². The van der Waals surface area contributed by atoms with E-state index < -0.39 is 10.0 Å². The summed E-state index contributed by atoms with van der Waals surface area (Å²) >= 11 is 1.18. The van der Waals surface area contributed by atoms with Crippen LogP contribution in [0.3, 0.4) is 0 Å². The zero-order valence-electron chi connectivity index (χ0n) is 10.9. The molecule has 0 fully saturated rings. The van der Waals surface area contributed by atoms with Crippen molar-refractivity contribution >= 4 is 38.1 Å². The number of aromatic nitrogens is 1. The first-order valence-electron chi connectivity index (χ1n) is 5.93. The number of benzene rings is 1. The molecule has 0 aliphatic carbocycles. The first-order chi connectivity index (χ1) is 9.97. The first kappa shape index (κ1) is 13.8. The minimum absolute atomic E-state index is 0.0431. The molecule has 9 heteroatoms. The lowest BCUT2D eigenvalue weighted by atomic mass is 10.2. The topological polar surface area (TPSA) is 88.6 Å². The number of fused-ring (bicyclic) bond motifs is 1. The summed E-state index contributed by atoms with van der Waals surface area (Å²) in [5.41, 5.74) is 0.424. The van der Waals surface area contributed by atoms with Crippen LogP contribution in [0.25, 0.3) is 0 Å². The fraction of sp³-hybridized carbons (Fsp3) is 0.167. The van der Waals surface area contributed by atoms with Gasteiger partial charge in [0.2, 0.25) is 0 Å². The van der Waals surface area contributed by atoms with Gasteiger partial charge in [-0.1, -0.05) is 0 Å². The van der Waals surface area contributed by atoms with Gasteiger partial charge in [-0.3, -0.25) is 9.52 Å². The third-order valence-corrected chi connectivity index (χ3v) is 5.14. The maximum absolute atomic E-state index is 12.3. The largest absolute Gasteiger partial charge is 0.482 e. The van der Waals surface area contributed by atoms with Crippen LogP contribution in [-0.2, 0) is 14.8 Å². The van der Waals surface area contributed by atoms with Crippen LogP contribution in [0, 0.1) is 0 Å². The number of ether oxygens (including phenoxy) is 1. The van der Waals surface area contributed by atoms with Crippen molar-refractivity contribution in [2.45, 2.75) is 4.90 Å². The number of carbonyl (C=O) groups excluding carboxylic acids is 1. The van der Waals surface area contributed by atoms with Crippen molar-refractivity contribution in [2.75, 3.05) is 23.3 Å². The van der Waals surface area contributed by atoms with Gasteiger partial charge >= 0.3 is 0 Å². The van der Waals surface area contributed by atoms with Crippen molar-refractivity contribution in [2.24, 2.45) is 0 Å². The molecule has 2 aromatic rings. The number of nitrogens with one attached hydrogen (secondary N) is 1. The normalized spacial score (nSPS) is 14.5. The van der Waals surface area contributed by atoms with Crippen molar-refractivity contribution in [3.05, 3.63) is 29.8 Å². The van der Waals surface area contributed by atoms with Gasteiger partial charge in [0.15, 0.2) is 11.7 Å². The molecular formula is C12H11N3O4S2. The Morgan fingerprint density at radius 3 is 2.95 bits per heavy atom. The molecule has 1 aromatic carbocycles. The average Bonchev–Trinajstić information content (AvgIpc) is 2.95. The highest BCUT2D eigenvalue weighted by atomic mass is 32.2. The monoisotopic (exact) mass is 325 g/mol. The molecule has 0 atom stereocenters. The quantitative estimate of drug-likeness (QED) is 0.919. The van der Waals surface area contributed by atoms with Crippen LogP contribution < -0.4 is 14.4 Å². The lowest BCUT2D eigenvalue weighted by Crippen LogP contribution is -2.35. The van der Waals surface area contributed by atoms with E-state index in [1.165, 1.54) is 40.6 Å². The van der Waals surface area contributed by atoms with Gasteiger partial charge in [0.1, 0.15) is 5.75 Å². The highest BCUT2D eigenvalue weighted by molar-refractivity contribution is 7.93. The highest BCUT2D eigenvalue weighted by Gasteiger charge is 2.25. The smallest absolute Gasteiger partial charge is 0.264 e. The van der Waals surface area contributed by atoms with Gasteiger partial charge in [0.05, 0.1) is 10.6 Å². The maximum Gasteiger partial charge on any atom is 0.264 e. The Labute approximate surface area is 125 Å². The van der Waals surface area contributed by atoms with Crippen molar-refractivity contribution in [3.63, 3.8) is 0 Å². The minimum atomic E-state index is -3.75. The van der Waals surface area contributed by atoms with Crippen LogP contribution in [-0.4, -0.2) is 33.0 Å². The van der Waals surface area contributed by atoms with E-state index in [4.69, 9.17) is 4.74 Å². The van der Waals surface area contributed by atoms with Crippen LogP contribution in [0.2, 0.25) is 0 Å². The van der Waals surface area contributed by atoms with Gasteiger partial charge in [0.25, 0.3) is 15.9 Å². The molecule has 0 unspecified atom stereocenters. The summed E-state index contributed by atoms with van der Waals surface area (Å²) in [6.07, 6.45) is 1.51. The Kier molecular flexibility index (Phi) is 3.30. The second kappa shape index (κ2) is 5.01. The third-order valence-electron chi connectivity index (χ3n) is 2.98. The van der Waals surface area contributed by atoms with E-state index in [0.29, 0.717) is 11.4 Å². The molecule has 21 heavy (non-hydrogen) atoms. The summed E-state index contributed by atoms with van der Waals surface area (Å²) in [5.74, 6) is 0.246. The van der Waals surface area contributed by atoms with Gasteiger partial charge in [-0.2, -0.15) is 0 Å². The van der Waals surface area contributed by atoms with Crippen molar-refractivity contribution in [1.82, 2.24) is 4.98 Å². The van der Waals surface area contributed by atoms with E-state index in [2.05, 4.69) is 9.71 Å². The van der Waals surface area contributed by atoms with Crippen LogP contribution in [0.5, 0.6) is 5.75 Å². The Morgan fingerprint density at radius 2 is 2.24 bits per heavy atom. The average molecular weight is 325 g/mol. The Bertz CT molecular complexity index is 787. The Balaban J connectivity index is 1.98. The molecule has 1 aliphatic heterocycles. The van der Waals surface area contributed by atoms with Crippen LogP contribution in [0.15, 0.2) is 34.7 Å². The minimum Gasteiger partial charge on any atom is -0.482 e. The summed E-state index contributed by atoms with van der Waals surface area (Å²) in [6.45, 7) is -0.0486. The van der Waals surface area contributed by atoms with Gasteiger partial charge in [-0.15, -0.1) is 11.3 Å². The second-order valence-corrected chi connectivity index (χ2v) is 6.89. The predicted octanol–water partition coefficient (Wildman–Crippen LogP) is 1.30. The molecule has 1 amide bonds. The predicted molar refractivity (Wildman–Crippen MR) is 78.3 cm³/mol. The molecule has 3 rings (SSSR count). The SMILES string of the molecule is CN1C(=O)COc2ccc(S(=O)(=O)Nc3nccs3)cc21. The fourth-order valence-corrected chi connectivity index (χ4v) is 3.68. The number of thiazole rings is 1. The Morgan fingerprint density at radius 1 is 1.43 bits per heavy atom. The number of hydrogen-bond donors (Lipinski definition) is 1. The number of hydrogen-bond acceptors (Lipinski definition) is 6. The summed E-state index contributed by atoms with van der Waals surface area (Å²) in [5, 5.41) is 1.96. The molecule has 0 saturated heterocycles. The number of anilines is 2. The molecule has 0 radical (unpaired) electrons. The third kappa shape index (κ3) is 2.57. The standard InChI is InChI=1S/C12H11N3O4S2/c1-15-9-6-8(2-3-10(9)19-7-11(15)16)21(17,18)14-12-13-4-5-20-12/h2-6H,7H2,1H3,(H,13,14). The van der Waals surface area contributed by atoms with Gasteiger partial charge < -0.3 is 9.64 Å². The highest BCUT2D eigenvalue weighted by Crippen LogP contribution is 2.33. The van der Waals surface area contributed by atoms with E-state index >= 15 is 0 Å². The molecule has 0 saturated carbocycles. The second-order valence-electron chi connectivity index (χ2n) is 4.31. The molecule has 110 valence electrons. The molecule has 0 bridgehead atoms. The summed E-state index contributed by atoms with van der Waals surface area (Å²) < 4.78 is 32.2. The maximum atomic E-state index is 12.3. The van der Waals surface area contributed by atoms with E-state index in [1.807, 2.05) is 0 Å². The summed E-state index contributed by atoms with van der Waals surface area (Å²) in [7, 11) is -2.18. The number of carbonyl (C=O) groups is 1. The van der Waals surface area contributed by atoms with Crippen molar-refractivity contribution in [3.8, 4) is 5.75 Å². The number of likely N-dealkylation sites (N-methyl/N-ethyl adjacent to an activating group) is 1.